The van der Waals surface area contributed by atoms with E-state index in [4.69, 9.17) is 10.5 Å². The minimum Gasteiger partial charge on any atom is -0.395 e. The number of hydrogen-bond acceptors (Lipinski definition) is 5. The number of rotatable bonds is 5. The number of aromatic nitrogens is 2. The van der Waals surface area contributed by atoms with Gasteiger partial charge in [0.25, 0.3) is 0 Å². The molecular formula is C11H20N4O2. The number of ether oxygens (including phenoxy) is 1. The molecular weight excluding hydrogens is 220 g/mol. The van der Waals surface area contributed by atoms with Gasteiger partial charge in [-0.3, -0.25) is 4.90 Å². The van der Waals surface area contributed by atoms with Crippen LogP contribution < -0.4 is 5.73 Å². The molecule has 1 aromatic rings. The lowest BCUT2D eigenvalue weighted by Crippen LogP contribution is -2.54. The summed E-state index contributed by atoms with van der Waals surface area (Å²) in [5.74, 6) is 1.03. The molecule has 17 heavy (non-hydrogen) atoms. The average molecular weight is 240 g/mol. The molecule has 0 spiro atoms. The summed E-state index contributed by atoms with van der Waals surface area (Å²) in [6, 6.07) is -0.244. The summed E-state index contributed by atoms with van der Waals surface area (Å²) >= 11 is 0. The van der Waals surface area contributed by atoms with E-state index in [1.807, 2.05) is 12.4 Å². The molecule has 0 radical (unpaired) electrons. The van der Waals surface area contributed by atoms with Crippen LogP contribution in [0.4, 0.5) is 0 Å². The number of hydrogen-bond donors (Lipinski definition) is 2. The van der Waals surface area contributed by atoms with E-state index < -0.39 is 0 Å². The molecule has 6 heteroatoms. The summed E-state index contributed by atoms with van der Waals surface area (Å²) in [4.78, 5) is 6.47. The Hall–Kier alpha value is -0.950. The largest absolute Gasteiger partial charge is 0.395 e. The van der Waals surface area contributed by atoms with E-state index in [0.29, 0.717) is 6.61 Å². The third-order valence-electron chi connectivity index (χ3n) is 3.28. The van der Waals surface area contributed by atoms with Crippen molar-refractivity contribution >= 4 is 0 Å². The van der Waals surface area contributed by atoms with E-state index in [1.165, 1.54) is 0 Å². The third kappa shape index (κ3) is 2.66. The Morgan fingerprint density at radius 3 is 3.12 bits per heavy atom. The van der Waals surface area contributed by atoms with Crippen molar-refractivity contribution in [2.45, 2.75) is 25.2 Å². The molecule has 1 aliphatic heterocycles. The SMILES string of the molecule is COCC(N)C(CO)N1CCn2ccnc2C1. The van der Waals surface area contributed by atoms with Crippen LogP contribution in [0.15, 0.2) is 12.4 Å². The first-order valence-corrected chi connectivity index (χ1v) is 5.85. The van der Waals surface area contributed by atoms with Crippen LogP contribution in [-0.2, 0) is 17.8 Å². The molecule has 2 atom stereocenters. The normalized spacial score (nSPS) is 19.9. The molecule has 1 aromatic heterocycles. The molecule has 0 fully saturated rings. The number of aliphatic hydroxyl groups is 1. The highest BCUT2D eigenvalue weighted by Crippen LogP contribution is 2.14. The highest BCUT2D eigenvalue weighted by Gasteiger charge is 2.27. The lowest BCUT2D eigenvalue weighted by atomic mass is 10.1. The maximum Gasteiger partial charge on any atom is 0.122 e. The van der Waals surface area contributed by atoms with Crippen molar-refractivity contribution in [3.63, 3.8) is 0 Å². The molecule has 3 N–H and O–H groups in total. The smallest absolute Gasteiger partial charge is 0.122 e. The Kier molecular flexibility index (Phi) is 4.11. The van der Waals surface area contributed by atoms with Crippen molar-refractivity contribution in [1.29, 1.82) is 0 Å². The molecule has 2 unspecified atom stereocenters. The van der Waals surface area contributed by atoms with E-state index >= 15 is 0 Å². The maximum atomic E-state index is 9.47. The Labute approximate surface area is 101 Å². The van der Waals surface area contributed by atoms with Crippen LogP contribution in [0.25, 0.3) is 0 Å². The monoisotopic (exact) mass is 240 g/mol. The van der Waals surface area contributed by atoms with Crippen LogP contribution in [0.1, 0.15) is 5.82 Å². The van der Waals surface area contributed by atoms with E-state index in [1.54, 1.807) is 7.11 Å². The minimum absolute atomic E-state index is 0.0469. The first-order valence-electron chi connectivity index (χ1n) is 5.85. The first-order chi connectivity index (χ1) is 8.26. The number of nitrogens with zero attached hydrogens (tertiary/aromatic N) is 3. The number of imidazole rings is 1. The van der Waals surface area contributed by atoms with E-state index in [0.717, 1.165) is 25.5 Å². The molecule has 0 aliphatic carbocycles. The van der Waals surface area contributed by atoms with Crippen LogP contribution in [0, 0.1) is 0 Å². The van der Waals surface area contributed by atoms with Crippen LogP contribution in [-0.4, -0.2) is 58.5 Å². The van der Waals surface area contributed by atoms with Crippen molar-refractivity contribution in [3.8, 4) is 0 Å². The first kappa shape index (κ1) is 12.5. The second-order valence-corrected chi connectivity index (χ2v) is 4.38. The molecule has 6 nitrogen and oxygen atoms in total. The van der Waals surface area contributed by atoms with E-state index in [9.17, 15) is 5.11 Å². The predicted octanol–water partition coefficient (Wildman–Crippen LogP) is -0.967. The van der Waals surface area contributed by atoms with Gasteiger partial charge in [-0.1, -0.05) is 0 Å². The average Bonchev–Trinajstić information content (AvgIpc) is 2.77. The Morgan fingerprint density at radius 1 is 1.59 bits per heavy atom. The van der Waals surface area contributed by atoms with Crippen LogP contribution in [0.5, 0.6) is 0 Å². The fraction of sp³-hybridized carbons (Fsp3) is 0.727. The molecule has 2 heterocycles. The van der Waals surface area contributed by atoms with Gasteiger partial charge in [0, 0.05) is 38.6 Å². The van der Waals surface area contributed by atoms with Gasteiger partial charge >= 0.3 is 0 Å². The minimum atomic E-state index is -0.175. The molecule has 0 aromatic carbocycles. The van der Waals surface area contributed by atoms with Gasteiger partial charge < -0.3 is 20.1 Å². The number of fused-ring (bicyclic) bond motifs is 1. The summed E-state index contributed by atoms with van der Waals surface area (Å²) in [6.45, 7) is 3.01. The topological polar surface area (TPSA) is 76.5 Å². The summed E-state index contributed by atoms with van der Waals surface area (Å²) < 4.78 is 7.18. The molecule has 0 amide bonds. The van der Waals surface area contributed by atoms with Gasteiger partial charge in [0.15, 0.2) is 0 Å². The molecule has 1 aliphatic rings. The number of nitrogens with two attached hydrogens (primary N) is 1. The van der Waals surface area contributed by atoms with Crippen molar-refractivity contribution in [2.24, 2.45) is 5.73 Å². The zero-order valence-electron chi connectivity index (χ0n) is 10.1. The quantitative estimate of drug-likeness (QED) is 0.693. The van der Waals surface area contributed by atoms with Crippen molar-refractivity contribution in [2.75, 3.05) is 26.9 Å². The van der Waals surface area contributed by atoms with Gasteiger partial charge in [-0.25, -0.2) is 4.98 Å². The standard InChI is InChI=1S/C11H20N4O2/c1-17-8-9(12)10(7-16)15-5-4-14-3-2-13-11(14)6-15/h2-3,9-10,16H,4-8,12H2,1H3. The zero-order valence-corrected chi connectivity index (χ0v) is 10.1. The number of aliphatic hydroxyl groups excluding tert-OH is 1. The highest BCUT2D eigenvalue weighted by molar-refractivity contribution is 4.97. The second-order valence-electron chi connectivity index (χ2n) is 4.38. The van der Waals surface area contributed by atoms with Gasteiger partial charge in [0.05, 0.1) is 25.8 Å². The van der Waals surface area contributed by atoms with Crippen LogP contribution >= 0.6 is 0 Å². The fourth-order valence-electron chi connectivity index (χ4n) is 2.30. The lowest BCUT2D eigenvalue weighted by Gasteiger charge is -2.36. The Balaban J connectivity index is 2.02. The van der Waals surface area contributed by atoms with E-state index in [-0.39, 0.29) is 18.7 Å². The van der Waals surface area contributed by atoms with Crippen LogP contribution in [0.3, 0.4) is 0 Å². The molecule has 96 valence electrons. The maximum absolute atomic E-state index is 9.47. The Morgan fingerprint density at radius 2 is 2.41 bits per heavy atom. The zero-order chi connectivity index (χ0) is 12.3. The van der Waals surface area contributed by atoms with Crippen molar-refractivity contribution in [1.82, 2.24) is 14.5 Å². The summed E-state index contributed by atoms with van der Waals surface area (Å²) in [5.41, 5.74) is 6.01. The molecule has 0 bridgehead atoms. The van der Waals surface area contributed by atoms with Crippen LogP contribution in [0.2, 0.25) is 0 Å². The highest BCUT2D eigenvalue weighted by atomic mass is 16.5. The third-order valence-corrected chi connectivity index (χ3v) is 3.28. The fourth-order valence-corrected chi connectivity index (χ4v) is 2.30. The Bertz CT molecular complexity index is 355. The predicted molar refractivity (Wildman–Crippen MR) is 63.4 cm³/mol. The van der Waals surface area contributed by atoms with Crippen molar-refractivity contribution < 1.29 is 9.84 Å². The lowest BCUT2D eigenvalue weighted by molar-refractivity contribution is 0.0534. The second kappa shape index (κ2) is 5.59. The molecule has 0 saturated heterocycles. The van der Waals surface area contributed by atoms with Gasteiger partial charge in [0.1, 0.15) is 5.82 Å². The van der Waals surface area contributed by atoms with Gasteiger partial charge in [0.2, 0.25) is 0 Å². The summed E-state index contributed by atoms with van der Waals surface area (Å²) in [6.07, 6.45) is 3.79. The number of methoxy groups -OCH3 is 1. The summed E-state index contributed by atoms with van der Waals surface area (Å²) in [7, 11) is 1.62. The van der Waals surface area contributed by atoms with Crippen molar-refractivity contribution in [3.05, 3.63) is 18.2 Å². The van der Waals surface area contributed by atoms with Gasteiger partial charge in [-0.2, -0.15) is 0 Å². The van der Waals surface area contributed by atoms with Gasteiger partial charge in [-0.05, 0) is 0 Å². The van der Waals surface area contributed by atoms with E-state index in [2.05, 4.69) is 14.5 Å². The molecule has 0 saturated carbocycles. The summed E-state index contributed by atoms with van der Waals surface area (Å²) in [5, 5.41) is 9.47. The molecule has 2 rings (SSSR count). The van der Waals surface area contributed by atoms with Gasteiger partial charge in [-0.15, -0.1) is 0 Å².